The molecule has 0 unspecified atom stereocenters. The van der Waals surface area contributed by atoms with E-state index in [2.05, 4.69) is 15.3 Å². The van der Waals surface area contributed by atoms with Gasteiger partial charge in [-0.05, 0) is 31.0 Å². The Hall–Kier alpha value is -3.28. The lowest BCUT2D eigenvalue weighted by molar-refractivity contribution is 0.0949. The van der Waals surface area contributed by atoms with Crippen LogP contribution in [-0.4, -0.2) is 36.6 Å². The Morgan fingerprint density at radius 2 is 1.81 bits per heavy atom. The number of methoxy groups -OCH3 is 2. The molecule has 0 radical (unpaired) electrons. The van der Waals surface area contributed by atoms with Crippen molar-refractivity contribution in [3.05, 3.63) is 65.5 Å². The van der Waals surface area contributed by atoms with Gasteiger partial charge in [0.2, 0.25) is 0 Å². The zero-order chi connectivity index (χ0) is 19.2. The van der Waals surface area contributed by atoms with E-state index < -0.39 is 0 Å². The molecule has 0 saturated carbocycles. The summed E-state index contributed by atoms with van der Waals surface area (Å²) in [6, 6.07) is 15.5. The highest BCUT2D eigenvalue weighted by atomic mass is 16.5. The number of H-pyrrole nitrogens is 1. The van der Waals surface area contributed by atoms with Crippen LogP contribution >= 0.6 is 0 Å². The maximum absolute atomic E-state index is 12.5. The van der Waals surface area contributed by atoms with Crippen molar-refractivity contribution in [1.29, 1.82) is 0 Å². The van der Waals surface area contributed by atoms with Gasteiger partial charge in [-0.25, -0.2) is 4.98 Å². The van der Waals surface area contributed by atoms with E-state index in [9.17, 15) is 4.79 Å². The number of aromatic amines is 1. The Morgan fingerprint density at radius 3 is 2.52 bits per heavy atom. The van der Waals surface area contributed by atoms with Crippen molar-refractivity contribution in [2.24, 2.45) is 0 Å². The second-order valence-electron chi connectivity index (χ2n) is 6.12. The van der Waals surface area contributed by atoms with E-state index in [0.29, 0.717) is 36.0 Å². The van der Waals surface area contributed by atoms with Gasteiger partial charge in [-0.3, -0.25) is 4.79 Å². The van der Waals surface area contributed by atoms with Crippen LogP contribution in [0.1, 0.15) is 21.7 Å². The number of hydrogen-bond acceptors (Lipinski definition) is 4. The Bertz CT molecular complexity index is 920. The second kappa shape index (κ2) is 8.40. The summed E-state index contributed by atoms with van der Waals surface area (Å²) in [7, 11) is 3.21. The van der Waals surface area contributed by atoms with Crippen LogP contribution < -0.4 is 14.8 Å². The molecular weight excluding hydrogens is 342 g/mol. The van der Waals surface area contributed by atoms with Crippen molar-refractivity contribution in [3.8, 4) is 22.9 Å². The average Bonchev–Trinajstić information content (AvgIpc) is 3.10. The zero-order valence-electron chi connectivity index (χ0n) is 15.7. The molecule has 0 atom stereocenters. The Kier molecular flexibility index (Phi) is 5.76. The van der Waals surface area contributed by atoms with Crippen molar-refractivity contribution in [1.82, 2.24) is 15.3 Å². The van der Waals surface area contributed by atoms with Gasteiger partial charge in [0.1, 0.15) is 11.5 Å². The molecule has 0 saturated heterocycles. The third-order valence-corrected chi connectivity index (χ3v) is 4.29. The highest BCUT2D eigenvalue weighted by Crippen LogP contribution is 2.27. The van der Waals surface area contributed by atoms with Crippen LogP contribution in [0.25, 0.3) is 11.4 Å². The molecule has 0 aliphatic heterocycles. The van der Waals surface area contributed by atoms with Crippen LogP contribution in [-0.2, 0) is 6.42 Å². The molecule has 0 aliphatic rings. The molecule has 3 rings (SSSR count). The second-order valence-corrected chi connectivity index (χ2v) is 6.12. The first kappa shape index (κ1) is 18.5. The maximum Gasteiger partial charge on any atom is 0.271 e. The molecule has 1 amide bonds. The van der Waals surface area contributed by atoms with Crippen LogP contribution in [0.5, 0.6) is 11.5 Å². The van der Waals surface area contributed by atoms with Crippen molar-refractivity contribution in [2.75, 3.05) is 20.8 Å². The number of ether oxygens (including phenoxy) is 2. The molecule has 0 bridgehead atoms. The fourth-order valence-corrected chi connectivity index (χ4v) is 2.85. The molecular formula is C21H23N3O3. The van der Waals surface area contributed by atoms with Crippen molar-refractivity contribution < 1.29 is 14.3 Å². The first-order valence-corrected chi connectivity index (χ1v) is 8.73. The quantitative estimate of drug-likeness (QED) is 0.673. The third kappa shape index (κ3) is 4.28. The molecule has 6 nitrogen and oxygen atoms in total. The minimum Gasteiger partial charge on any atom is -0.493 e. The van der Waals surface area contributed by atoms with E-state index in [1.54, 1.807) is 14.2 Å². The van der Waals surface area contributed by atoms with Gasteiger partial charge in [0.25, 0.3) is 5.91 Å². The van der Waals surface area contributed by atoms with Crippen molar-refractivity contribution >= 4 is 5.91 Å². The number of carbonyl (C=O) groups excluding carboxylic acids is 1. The SMILES string of the molecule is COc1ccc(CCNC(=O)c2nc(-c3ccccc3)[nH]c2C)cc1OC. The summed E-state index contributed by atoms with van der Waals surface area (Å²) < 4.78 is 10.5. The van der Waals surface area contributed by atoms with Crippen LogP contribution in [0.15, 0.2) is 48.5 Å². The van der Waals surface area contributed by atoms with Gasteiger partial charge in [0, 0.05) is 17.8 Å². The van der Waals surface area contributed by atoms with Crippen molar-refractivity contribution in [3.63, 3.8) is 0 Å². The first-order chi connectivity index (χ1) is 13.1. The van der Waals surface area contributed by atoms with Crippen molar-refractivity contribution in [2.45, 2.75) is 13.3 Å². The lowest BCUT2D eigenvalue weighted by Crippen LogP contribution is -2.26. The minimum absolute atomic E-state index is 0.189. The predicted octanol–water partition coefficient (Wildman–Crippen LogP) is 3.37. The largest absolute Gasteiger partial charge is 0.493 e. The summed E-state index contributed by atoms with van der Waals surface area (Å²) >= 11 is 0. The van der Waals surface area contributed by atoms with E-state index in [1.165, 1.54) is 0 Å². The molecule has 0 spiro atoms. The first-order valence-electron chi connectivity index (χ1n) is 8.73. The van der Waals surface area contributed by atoms with Crippen LogP contribution in [0.3, 0.4) is 0 Å². The number of nitrogens with zero attached hydrogens (tertiary/aromatic N) is 1. The van der Waals surface area contributed by atoms with Gasteiger partial charge < -0.3 is 19.8 Å². The summed E-state index contributed by atoms with van der Waals surface area (Å²) in [4.78, 5) is 20.1. The topological polar surface area (TPSA) is 76.2 Å². The number of rotatable bonds is 7. The lowest BCUT2D eigenvalue weighted by Gasteiger charge is -2.10. The average molecular weight is 365 g/mol. The molecule has 1 aromatic heterocycles. The molecule has 0 aliphatic carbocycles. The summed E-state index contributed by atoms with van der Waals surface area (Å²) in [5, 5.41) is 2.93. The fraction of sp³-hybridized carbons (Fsp3) is 0.238. The molecule has 2 N–H and O–H groups in total. The van der Waals surface area contributed by atoms with Gasteiger partial charge in [0.15, 0.2) is 11.5 Å². The molecule has 1 heterocycles. The summed E-state index contributed by atoms with van der Waals surface area (Å²) in [5.74, 6) is 1.87. The van der Waals surface area contributed by atoms with Gasteiger partial charge in [0.05, 0.1) is 14.2 Å². The van der Waals surface area contributed by atoms with Gasteiger partial charge >= 0.3 is 0 Å². The minimum atomic E-state index is -0.189. The van der Waals surface area contributed by atoms with Crippen LogP contribution in [0.4, 0.5) is 0 Å². The highest BCUT2D eigenvalue weighted by molar-refractivity contribution is 5.94. The third-order valence-electron chi connectivity index (χ3n) is 4.29. The van der Waals surface area contributed by atoms with E-state index in [-0.39, 0.29) is 5.91 Å². The number of carbonyl (C=O) groups is 1. The number of aryl methyl sites for hydroxylation is 1. The number of aromatic nitrogens is 2. The molecule has 3 aromatic rings. The lowest BCUT2D eigenvalue weighted by atomic mass is 10.1. The summed E-state index contributed by atoms with van der Waals surface area (Å²) in [5.41, 5.74) is 3.17. The number of imidazole rings is 1. The zero-order valence-corrected chi connectivity index (χ0v) is 15.7. The molecule has 6 heteroatoms. The molecule has 2 aromatic carbocycles. The van der Waals surface area contributed by atoms with E-state index in [1.807, 2.05) is 55.5 Å². The van der Waals surface area contributed by atoms with Gasteiger partial charge in [-0.1, -0.05) is 36.4 Å². The predicted molar refractivity (Wildman–Crippen MR) is 104 cm³/mol. The smallest absolute Gasteiger partial charge is 0.271 e. The maximum atomic E-state index is 12.5. The Labute approximate surface area is 158 Å². The highest BCUT2D eigenvalue weighted by Gasteiger charge is 2.15. The number of amides is 1. The Morgan fingerprint density at radius 1 is 1.07 bits per heavy atom. The fourth-order valence-electron chi connectivity index (χ4n) is 2.85. The van der Waals surface area contributed by atoms with E-state index in [4.69, 9.17) is 9.47 Å². The molecule has 140 valence electrons. The molecule has 27 heavy (non-hydrogen) atoms. The van der Waals surface area contributed by atoms with E-state index in [0.717, 1.165) is 16.8 Å². The van der Waals surface area contributed by atoms with Gasteiger partial charge in [-0.15, -0.1) is 0 Å². The van der Waals surface area contributed by atoms with Crippen LogP contribution in [0.2, 0.25) is 0 Å². The Balaban J connectivity index is 1.62. The van der Waals surface area contributed by atoms with E-state index >= 15 is 0 Å². The monoisotopic (exact) mass is 365 g/mol. The normalized spacial score (nSPS) is 10.5. The standard InChI is InChI=1S/C21H23N3O3/c1-14-19(24-20(23-14)16-7-5-4-6-8-16)21(25)22-12-11-15-9-10-17(26-2)18(13-15)27-3/h4-10,13H,11-12H2,1-3H3,(H,22,25)(H,23,24). The number of hydrogen-bond donors (Lipinski definition) is 2. The molecule has 0 fully saturated rings. The summed E-state index contributed by atoms with van der Waals surface area (Å²) in [6.07, 6.45) is 0.682. The summed E-state index contributed by atoms with van der Waals surface area (Å²) in [6.45, 7) is 2.35. The number of nitrogens with one attached hydrogen (secondary N) is 2. The number of benzene rings is 2. The van der Waals surface area contributed by atoms with Gasteiger partial charge in [-0.2, -0.15) is 0 Å². The van der Waals surface area contributed by atoms with Crippen LogP contribution in [0, 0.1) is 6.92 Å².